The number of likely N-dealkylation sites (tertiary alicyclic amines) is 2. The van der Waals surface area contributed by atoms with Crippen LogP contribution in [0.25, 0.3) is 5.65 Å². The van der Waals surface area contributed by atoms with Gasteiger partial charge < -0.3 is 35.6 Å². The lowest BCUT2D eigenvalue weighted by Gasteiger charge is -2.36. The number of likely N-dealkylation sites (N-methyl/N-ethyl adjacent to an activating group) is 1. The van der Waals surface area contributed by atoms with E-state index < -0.39 is 0 Å². The van der Waals surface area contributed by atoms with E-state index in [0.717, 1.165) is 55.1 Å². The number of hydrogen-bond donors (Lipinski definition) is 4. The Hall–Kier alpha value is -3.42. The summed E-state index contributed by atoms with van der Waals surface area (Å²) in [5.41, 5.74) is 1.78. The van der Waals surface area contributed by atoms with Gasteiger partial charge in [0, 0.05) is 62.9 Å². The number of piperidine rings is 2. The molecule has 3 saturated heterocycles. The molecule has 3 aliphatic heterocycles. The molecular formula is C31H49N9O4. The number of anilines is 2. The normalized spacial score (nSPS) is 24.5. The van der Waals surface area contributed by atoms with Crippen LogP contribution in [0.1, 0.15) is 57.4 Å². The lowest BCUT2D eigenvalue weighted by atomic mass is 9.95. The highest BCUT2D eigenvalue weighted by Gasteiger charge is 2.34. The van der Waals surface area contributed by atoms with Crippen LogP contribution in [0, 0.1) is 5.92 Å². The number of fused-ring (bicyclic) bond motifs is 1. The fourth-order valence-corrected chi connectivity index (χ4v) is 6.27. The van der Waals surface area contributed by atoms with Crippen LogP contribution >= 0.6 is 0 Å². The van der Waals surface area contributed by atoms with Crippen LogP contribution in [0.15, 0.2) is 24.4 Å². The number of β-amino-alcohol motifs (C(OH)–C–C–N with tert-alkyl or cyclic N) is 1. The maximum absolute atomic E-state index is 13.4. The number of hydrogen-bond acceptors (Lipinski definition) is 10. The number of aliphatic hydroxyl groups is 1. The molecule has 0 aliphatic carbocycles. The van der Waals surface area contributed by atoms with Crippen molar-refractivity contribution in [2.75, 3.05) is 70.5 Å². The molecule has 4 atom stereocenters. The molecule has 0 aromatic carbocycles. The van der Waals surface area contributed by atoms with Gasteiger partial charge in [-0.05, 0) is 58.3 Å². The van der Waals surface area contributed by atoms with Crippen molar-refractivity contribution in [2.24, 2.45) is 5.92 Å². The number of amides is 2. The molecule has 1 unspecified atom stereocenters. The molecule has 242 valence electrons. The molecular weight excluding hydrogens is 562 g/mol. The van der Waals surface area contributed by atoms with Crippen LogP contribution in [-0.2, 0) is 9.53 Å². The van der Waals surface area contributed by atoms with Gasteiger partial charge in [-0.1, -0.05) is 19.9 Å². The highest BCUT2D eigenvalue weighted by Crippen LogP contribution is 2.30. The van der Waals surface area contributed by atoms with Crippen LogP contribution < -0.4 is 16.0 Å². The quantitative estimate of drug-likeness (QED) is 0.296. The maximum atomic E-state index is 13.4. The Morgan fingerprint density at radius 2 is 2.07 bits per heavy atom. The van der Waals surface area contributed by atoms with Crippen molar-refractivity contribution >= 4 is 29.3 Å². The second-order valence-electron chi connectivity index (χ2n) is 12.8. The minimum Gasteiger partial charge on any atom is -0.444 e. The number of nitrogens with zero attached hydrogens (tertiary/aromatic N) is 6. The summed E-state index contributed by atoms with van der Waals surface area (Å²) in [6, 6.07) is 1.88. The van der Waals surface area contributed by atoms with Gasteiger partial charge in [-0.15, -0.1) is 5.10 Å². The highest BCUT2D eigenvalue weighted by atomic mass is 16.6. The number of nitrogens with one attached hydrogen (secondary N) is 3. The molecule has 44 heavy (non-hydrogen) atoms. The van der Waals surface area contributed by atoms with E-state index >= 15 is 0 Å². The van der Waals surface area contributed by atoms with Crippen molar-refractivity contribution < 1.29 is 19.4 Å². The van der Waals surface area contributed by atoms with Crippen molar-refractivity contribution in [3.63, 3.8) is 0 Å². The monoisotopic (exact) mass is 611 g/mol. The minimum absolute atomic E-state index is 0.0506. The Labute approximate surface area is 260 Å². The number of carbonyl (C=O) groups excluding carboxylic acids is 2. The second-order valence-corrected chi connectivity index (χ2v) is 12.8. The van der Waals surface area contributed by atoms with E-state index in [2.05, 4.69) is 34.8 Å². The standard InChI is InChI=1S/C31H49N9O4/c1-21(2)28-29(34-18-22-10-13-32-19-24(22)41)36-40-26(11-14-33-30(28)40)35-25-8-5-6-16-39(25)31(43)44-23-12-17-38(20-23)27(42)9-7-15-37(3)4/h7,9,11,14,21-25,32,35,41H,5-6,8,10,12-13,15-20H2,1-4H3,(H,34,36)/b9-7+/t22-,23-,24+,25?/m1/s1. The summed E-state index contributed by atoms with van der Waals surface area (Å²) in [6.45, 7) is 8.66. The van der Waals surface area contributed by atoms with Gasteiger partial charge >= 0.3 is 6.09 Å². The van der Waals surface area contributed by atoms with Crippen molar-refractivity contribution in [1.82, 2.24) is 34.6 Å². The van der Waals surface area contributed by atoms with Crippen molar-refractivity contribution in [2.45, 2.75) is 70.2 Å². The smallest absolute Gasteiger partial charge is 0.411 e. The molecule has 3 aliphatic rings. The summed E-state index contributed by atoms with van der Waals surface area (Å²) in [4.78, 5) is 36.1. The summed E-state index contributed by atoms with van der Waals surface area (Å²) in [5.74, 6) is 1.80. The Kier molecular flexibility index (Phi) is 10.6. The third-order valence-corrected chi connectivity index (χ3v) is 8.76. The van der Waals surface area contributed by atoms with Crippen LogP contribution in [0.4, 0.5) is 16.4 Å². The molecule has 4 N–H and O–H groups in total. The van der Waals surface area contributed by atoms with Gasteiger partial charge in [0.2, 0.25) is 5.91 Å². The van der Waals surface area contributed by atoms with Gasteiger partial charge in [0.1, 0.15) is 18.1 Å². The fraction of sp³-hybridized carbons (Fsp3) is 0.677. The molecule has 5 heterocycles. The average Bonchev–Trinajstić information content (AvgIpc) is 3.62. The molecule has 13 nitrogen and oxygen atoms in total. The lowest BCUT2D eigenvalue weighted by Crippen LogP contribution is -2.49. The lowest BCUT2D eigenvalue weighted by molar-refractivity contribution is -0.125. The predicted octanol–water partition coefficient (Wildman–Crippen LogP) is 2.31. The predicted molar refractivity (Wildman–Crippen MR) is 170 cm³/mol. The molecule has 5 rings (SSSR count). The molecule has 13 heteroatoms. The van der Waals surface area contributed by atoms with Crippen LogP contribution in [0.5, 0.6) is 0 Å². The maximum Gasteiger partial charge on any atom is 0.411 e. The fourth-order valence-electron chi connectivity index (χ4n) is 6.27. The average molecular weight is 612 g/mol. The van der Waals surface area contributed by atoms with E-state index in [-0.39, 0.29) is 42.2 Å². The zero-order valence-electron chi connectivity index (χ0n) is 26.5. The number of aromatic nitrogens is 3. The topological polar surface area (TPSA) is 140 Å². The first-order valence-electron chi connectivity index (χ1n) is 16.1. The zero-order chi connectivity index (χ0) is 31.2. The van der Waals surface area contributed by atoms with Gasteiger partial charge in [0.25, 0.3) is 0 Å². The SMILES string of the molecule is CC(C)c1c(NC[C@H]2CCNC[C@@H]2O)nn2c(NC3CCCCN3C(=O)O[C@@H]3CCN(C(=O)/C=C/CN(C)C)C3)ccnc12. The summed E-state index contributed by atoms with van der Waals surface area (Å²) < 4.78 is 7.75. The summed E-state index contributed by atoms with van der Waals surface area (Å²) in [5, 5.41) is 25.6. The van der Waals surface area contributed by atoms with E-state index in [1.807, 2.05) is 35.7 Å². The van der Waals surface area contributed by atoms with Crippen LogP contribution in [0.2, 0.25) is 0 Å². The molecule has 0 spiro atoms. The number of rotatable bonds is 10. The van der Waals surface area contributed by atoms with E-state index in [0.29, 0.717) is 45.7 Å². The van der Waals surface area contributed by atoms with E-state index in [9.17, 15) is 14.7 Å². The summed E-state index contributed by atoms with van der Waals surface area (Å²) in [7, 11) is 3.91. The zero-order valence-corrected chi connectivity index (χ0v) is 26.5. The largest absolute Gasteiger partial charge is 0.444 e. The first-order chi connectivity index (χ1) is 21.2. The van der Waals surface area contributed by atoms with Gasteiger partial charge in [-0.25, -0.2) is 9.78 Å². The number of aliphatic hydroxyl groups excluding tert-OH is 1. The molecule has 3 fully saturated rings. The van der Waals surface area contributed by atoms with Crippen molar-refractivity contribution in [3.8, 4) is 0 Å². The first kappa shape index (κ1) is 32.0. The first-order valence-corrected chi connectivity index (χ1v) is 16.1. The molecule has 2 aromatic heterocycles. The third-order valence-electron chi connectivity index (χ3n) is 8.76. The van der Waals surface area contributed by atoms with Gasteiger partial charge in [0.05, 0.1) is 12.6 Å². The Bertz CT molecular complexity index is 1310. The summed E-state index contributed by atoms with van der Waals surface area (Å²) in [6.07, 6.45) is 8.09. The molecule has 0 saturated carbocycles. The molecule has 0 bridgehead atoms. The minimum atomic E-state index is -0.388. The molecule has 2 amide bonds. The summed E-state index contributed by atoms with van der Waals surface area (Å²) >= 11 is 0. The molecule has 0 radical (unpaired) electrons. The van der Waals surface area contributed by atoms with Gasteiger partial charge in [0.15, 0.2) is 11.5 Å². The molecule has 2 aromatic rings. The Balaban J connectivity index is 1.25. The number of carbonyl (C=O) groups is 2. The highest BCUT2D eigenvalue weighted by molar-refractivity contribution is 5.87. The second kappa shape index (κ2) is 14.6. The van der Waals surface area contributed by atoms with Crippen molar-refractivity contribution in [3.05, 3.63) is 30.0 Å². The van der Waals surface area contributed by atoms with E-state index in [1.54, 1.807) is 22.1 Å². The number of ether oxygens (including phenoxy) is 1. The third kappa shape index (κ3) is 7.62. The van der Waals surface area contributed by atoms with E-state index in [1.165, 1.54) is 0 Å². The van der Waals surface area contributed by atoms with Gasteiger partial charge in [-0.2, -0.15) is 4.52 Å². The van der Waals surface area contributed by atoms with Crippen LogP contribution in [0.3, 0.4) is 0 Å². The van der Waals surface area contributed by atoms with Crippen LogP contribution in [-0.4, -0.2) is 125 Å². The van der Waals surface area contributed by atoms with E-state index in [4.69, 9.17) is 9.84 Å². The van der Waals surface area contributed by atoms with Crippen molar-refractivity contribution in [1.29, 1.82) is 0 Å². The Morgan fingerprint density at radius 3 is 2.84 bits per heavy atom. The van der Waals surface area contributed by atoms with Gasteiger partial charge in [-0.3, -0.25) is 9.69 Å². The Morgan fingerprint density at radius 1 is 1.23 bits per heavy atom.